The highest BCUT2D eigenvalue weighted by Crippen LogP contribution is 2.34. The number of hydrogen-bond acceptors (Lipinski definition) is 4. The molecule has 0 aliphatic heterocycles. The molecule has 0 fully saturated rings. The highest BCUT2D eigenvalue weighted by molar-refractivity contribution is 7.11. The van der Waals surface area contributed by atoms with Gasteiger partial charge in [-0.25, -0.2) is 9.97 Å². The summed E-state index contributed by atoms with van der Waals surface area (Å²) in [5, 5.41) is 5.65. The lowest BCUT2D eigenvalue weighted by Crippen LogP contribution is -2.23. The molecule has 1 aliphatic rings. The Balaban J connectivity index is 1.51. The van der Waals surface area contributed by atoms with Crippen molar-refractivity contribution in [1.82, 2.24) is 19.7 Å². The fraction of sp³-hybridized carbons (Fsp3) is 0.412. The number of pyridine rings is 1. The smallest absolute Gasteiger partial charge is 0.137 e. The van der Waals surface area contributed by atoms with E-state index in [0.717, 1.165) is 35.8 Å². The summed E-state index contributed by atoms with van der Waals surface area (Å²) in [4.78, 5) is 10.8. The summed E-state index contributed by atoms with van der Waals surface area (Å²) >= 11 is 7.90. The molecular formula is C17H19ClN4S. The second-order valence-electron chi connectivity index (χ2n) is 5.94. The van der Waals surface area contributed by atoms with E-state index in [2.05, 4.69) is 17.2 Å². The van der Waals surface area contributed by atoms with Crippen LogP contribution in [0, 0.1) is 0 Å². The number of aromatic nitrogens is 3. The molecule has 0 radical (unpaired) electrons. The fourth-order valence-corrected chi connectivity index (χ4v) is 4.48. The van der Waals surface area contributed by atoms with Gasteiger partial charge in [-0.3, -0.25) is 0 Å². The molecule has 120 valence electrons. The quantitative estimate of drug-likeness (QED) is 0.770. The molecule has 0 saturated heterocycles. The van der Waals surface area contributed by atoms with Gasteiger partial charge < -0.3 is 9.72 Å². The van der Waals surface area contributed by atoms with Crippen molar-refractivity contribution in [3.05, 3.63) is 50.8 Å². The molecule has 23 heavy (non-hydrogen) atoms. The summed E-state index contributed by atoms with van der Waals surface area (Å²) < 4.78 is 1.98. The standard InChI is InChI=1S/C17H19ClN4S/c1-2-16-21-14-5-3-4-13(17(14)23-16)19-8-12-10-22-9-11(18)6-7-15(22)20-12/h6-7,9-10,13,19H,2-5,8H2,1H3. The highest BCUT2D eigenvalue weighted by atomic mass is 35.5. The van der Waals surface area contributed by atoms with Crippen LogP contribution >= 0.6 is 22.9 Å². The number of nitrogens with one attached hydrogen (secondary N) is 1. The number of nitrogens with zero attached hydrogens (tertiary/aromatic N) is 3. The van der Waals surface area contributed by atoms with Crippen LogP contribution in [0.25, 0.3) is 5.65 Å². The largest absolute Gasteiger partial charge is 0.305 e. The van der Waals surface area contributed by atoms with Crippen LogP contribution in [0.5, 0.6) is 0 Å². The molecule has 0 bridgehead atoms. The normalized spacial score (nSPS) is 17.6. The van der Waals surface area contributed by atoms with E-state index in [9.17, 15) is 0 Å². The molecule has 3 heterocycles. The number of imidazole rings is 1. The third kappa shape index (κ3) is 3.01. The van der Waals surface area contributed by atoms with Crippen molar-refractivity contribution in [2.24, 2.45) is 0 Å². The molecule has 1 unspecified atom stereocenters. The van der Waals surface area contributed by atoms with E-state index in [0.29, 0.717) is 6.04 Å². The molecule has 4 rings (SSSR count). The summed E-state index contributed by atoms with van der Waals surface area (Å²) in [5.74, 6) is 0. The highest BCUT2D eigenvalue weighted by Gasteiger charge is 2.24. The van der Waals surface area contributed by atoms with Crippen molar-refractivity contribution in [2.45, 2.75) is 45.2 Å². The number of thiazole rings is 1. The van der Waals surface area contributed by atoms with E-state index in [4.69, 9.17) is 16.6 Å². The molecular weight excluding hydrogens is 328 g/mol. The van der Waals surface area contributed by atoms with Gasteiger partial charge in [0.2, 0.25) is 0 Å². The van der Waals surface area contributed by atoms with Crippen molar-refractivity contribution in [3.8, 4) is 0 Å². The maximum absolute atomic E-state index is 6.03. The first-order valence-corrected chi connectivity index (χ1v) is 9.27. The van der Waals surface area contributed by atoms with E-state index in [1.807, 2.05) is 40.3 Å². The predicted octanol–water partition coefficient (Wildman–Crippen LogP) is 4.17. The molecule has 3 aromatic rings. The van der Waals surface area contributed by atoms with Crippen molar-refractivity contribution < 1.29 is 0 Å². The number of fused-ring (bicyclic) bond motifs is 2. The van der Waals surface area contributed by atoms with E-state index in [1.165, 1.54) is 28.4 Å². The van der Waals surface area contributed by atoms with Gasteiger partial charge in [-0.1, -0.05) is 18.5 Å². The van der Waals surface area contributed by atoms with E-state index >= 15 is 0 Å². The molecule has 1 aliphatic carbocycles. The fourth-order valence-electron chi connectivity index (χ4n) is 3.15. The zero-order chi connectivity index (χ0) is 15.8. The molecule has 1 N–H and O–H groups in total. The van der Waals surface area contributed by atoms with Gasteiger partial charge in [0.05, 0.1) is 21.4 Å². The van der Waals surface area contributed by atoms with E-state index in [1.54, 1.807) is 0 Å². The Kier molecular flexibility index (Phi) is 4.09. The minimum absolute atomic E-state index is 0.407. The first kappa shape index (κ1) is 15.1. The van der Waals surface area contributed by atoms with Crippen molar-refractivity contribution in [3.63, 3.8) is 0 Å². The summed E-state index contributed by atoms with van der Waals surface area (Å²) in [6, 6.07) is 4.23. The van der Waals surface area contributed by atoms with Crippen LogP contribution in [0.15, 0.2) is 24.5 Å². The third-order valence-corrected chi connectivity index (χ3v) is 5.87. The summed E-state index contributed by atoms with van der Waals surface area (Å²) in [5.41, 5.74) is 3.28. The molecule has 0 aromatic carbocycles. The Morgan fingerprint density at radius 2 is 2.26 bits per heavy atom. The minimum Gasteiger partial charge on any atom is -0.305 e. The Hall–Kier alpha value is -1.43. The summed E-state index contributed by atoms with van der Waals surface area (Å²) in [6.07, 6.45) is 8.47. The molecule has 6 heteroatoms. The molecule has 3 aromatic heterocycles. The Morgan fingerprint density at radius 3 is 3.13 bits per heavy atom. The van der Waals surface area contributed by atoms with Gasteiger partial charge in [-0.05, 0) is 37.8 Å². The van der Waals surface area contributed by atoms with Gasteiger partial charge in [0.25, 0.3) is 0 Å². The average Bonchev–Trinajstić information content (AvgIpc) is 3.15. The van der Waals surface area contributed by atoms with Gasteiger partial charge in [-0.15, -0.1) is 11.3 Å². The number of halogens is 1. The van der Waals surface area contributed by atoms with Crippen LogP contribution in [0.3, 0.4) is 0 Å². The lowest BCUT2D eigenvalue weighted by Gasteiger charge is -2.22. The van der Waals surface area contributed by atoms with E-state index < -0.39 is 0 Å². The number of hydrogen-bond donors (Lipinski definition) is 1. The van der Waals surface area contributed by atoms with Crippen LogP contribution in [-0.4, -0.2) is 14.4 Å². The predicted molar refractivity (Wildman–Crippen MR) is 94.2 cm³/mol. The molecule has 0 saturated carbocycles. The topological polar surface area (TPSA) is 42.2 Å². The van der Waals surface area contributed by atoms with Gasteiger partial charge in [0.1, 0.15) is 5.65 Å². The maximum atomic E-state index is 6.03. The van der Waals surface area contributed by atoms with Crippen molar-refractivity contribution in [2.75, 3.05) is 0 Å². The lowest BCUT2D eigenvalue weighted by atomic mass is 9.98. The number of aryl methyl sites for hydroxylation is 2. The van der Waals surface area contributed by atoms with Crippen LogP contribution in [0.2, 0.25) is 5.02 Å². The zero-order valence-corrected chi connectivity index (χ0v) is 14.6. The van der Waals surface area contributed by atoms with Crippen LogP contribution in [0.1, 0.15) is 47.1 Å². The van der Waals surface area contributed by atoms with Crippen LogP contribution in [-0.2, 0) is 19.4 Å². The Morgan fingerprint density at radius 1 is 1.35 bits per heavy atom. The first-order valence-electron chi connectivity index (χ1n) is 8.08. The Bertz CT molecular complexity index is 838. The second kappa shape index (κ2) is 6.23. The maximum Gasteiger partial charge on any atom is 0.137 e. The van der Waals surface area contributed by atoms with Gasteiger partial charge in [0, 0.05) is 29.9 Å². The monoisotopic (exact) mass is 346 g/mol. The van der Waals surface area contributed by atoms with Gasteiger partial charge in [0.15, 0.2) is 0 Å². The zero-order valence-electron chi connectivity index (χ0n) is 13.1. The molecule has 4 nitrogen and oxygen atoms in total. The summed E-state index contributed by atoms with van der Waals surface area (Å²) in [6.45, 7) is 2.94. The third-order valence-electron chi connectivity index (χ3n) is 4.29. The SMILES string of the molecule is CCc1nc2c(s1)C(NCc1cn3cc(Cl)ccc3n1)CCC2. The molecule has 0 amide bonds. The first-order chi connectivity index (χ1) is 11.2. The number of rotatable bonds is 4. The van der Waals surface area contributed by atoms with Gasteiger partial charge in [-0.2, -0.15) is 0 Å². The van der Waals surface area contributed by atoms with Crippen molar-refractivity contribution in [1.29, 1.82) is 0 Å². The summed E-state index contributed by atoms with van der Waals surface area (Å²) in [7, 11) is 0. The molecule has 0 spiro atoms. The van der Waals surface area contributed by atoms with Crippen molar-refractivity contribution >= 4 is 28.6 Å². The van der Waals surface area contributed by atoms with Gasteiger partial charge >= 0.3 is 0 Å². The second-order valence-corrected chi connectivity index (χ2v) is 7.49. The lowest BCUT2D eigenvalue weighted by molar-refractivity contribution is 0.461. The molecule has 1 atom stereocenters. The van der Waals surface area contributed by atoms with Crippen LogP contribution < -0.4 is 5.32 Å². The van der Waals surface area contributed by atoms with E-state index in [-0.39, 0.29) is 0 Å². The average molecular weight is 347 g/mol. The Labute approximate surface area is 144 Å². The minimum atomic E-state index is 0.407. The van der Waals surface area contributed by atoms with Crippen LogP contribution in [0.4, 0.5) is 0 Å².